The average Bonchev–Trinajstić information content (AvgIpc) is 2.10. The van der Waals surface area contributed by atoms with Gasteiger partial charge < -0.3 is 24.6 Å². The number of rotatable bonds is 2. The maximum atomic E-state index is 12.0. The van der Waals surface area contributed by atoms with Gasteiger partial charge in [0.25, 0.3) is 5.91 Å². The molecular weight excluding hydrogens is 367 g/mol. The highest BCUT2D eigenvalue weighted by atomic mass is 79.9. The van der Waals surface area contributed by atoms with Crippen molar-refractivity contribution >= 4 is 26.3 Å². The van der Waals surface area contributed by atoms with Crippen molar-refractivity contribution < 1.29 is 46.2 Å². The third-order valence-electron chi connectivity index (χ3n) is 1.87. The third kappa shape index (κ3) is 3.36. The molecule has 0 fully saturated rings. The number of nitrogens with zero attached hydrogens (tertiary/aromatic N) is 1. The lowest BCUT2D eigenvalue weighted by Gasteiger charge is -2.40. The van der Waals surface area contributed by atoms with Crippen LogP contribution >= 0.6 is 16.1 Å². The van der Waals surface area contributed by atoms with E-state index in [2.05, 4.69) is 20.3 Å². The van der Waals surface area contributed by atoms with E-state index in [1.165, 1.54) is 0 Å². The zero-order valence-electron chi connectivity index (χ0n) is 8.67. The summed E-state index contributed by atoms with van der Waals surface area (Å²) in [5.41, 5.74) is -5.75. The summed E-state index contributed by atoms with van der Waals surface area (Å²) in [6, 6.07) is 0. The van der Waals surface area contributed by atoms with Gasteiger partial charge in [0.2, 0.25) is 5.91 Å². The Morgan fingerprint density at radius 1 is 1.32 bits per heavy atom. The van der Waals surface area contributed by atoms with E-state index in [0.717, 1.165) is 0 Å². The molecule has 0 aromatic heterocycles. The molecule has 0 bridgehead atoms. The highest BCUT2D eigenvalue weighted by molar-refractivity contribution is 9.07. The minimum Gasteiger partial charge on any atom is -0.380 e. The summed E-state index contributed by atoms with van der Waals surface area (Å²) in [6.07, 6.45) is -1.02. The quantitative estimate of drug-likeness (QED) is 0.210. The van der Waals surface area contributed by atoms with Gasteiger partial charge in [0.05, 0.1) is 6.42 Å². The molecule has 0 aliphatic carbocycles. The van der Waals surface area contributed by atoms with Crippen molar-refractivity contribution in [2.75, 3.05) is 0 Å². The smallest absolute Gasteiger partial charge is 0.380 e. The predicted octanol–water partition coefficient (Wildman–Crippen LogP) is -0.971. The Morgan fingerprint density at radius 2 is 1.79 bits per heavy atom. The van der Waals surface area contributed by atoms with Crippen LogP contribution in [0.2, 0.25) is 0 Å². The molecular formula is C6H7BrF3NO7S. The average molecular weight is 374 g/mol. The zero-order valence-corrected chi connectivity index (χ0v) is 11.1. The SMILES string of the molecule is O=S(=O)(OC1=CC(O)(O)N(Br)C(O)(O)C1)C(F)(F)F. The molecule has 1 rings (SSSR count). The zero-order chi connectivity index (χ0) is 15.3. The second-order valence-corrected chi connectivity index (χ2v) is 5.76. The Kier molecular flexibility index (Phi) is 3.97. The van der Waals surface area contributed by atoms with Gasteiger partial charge in [-0.1, -0.05) is 0 Å². The number of halogens is 4. The fourth-order valence-electron chi connectivity index (χ4n) is 1.13. The summed E-state index contributed by atoms with van der Waals surface area (Å²) in [6.45, 7) is 0. The Bertz CT molecular complexity index is 499. The van der Waals surface area contributed by atoms with Crippen molar-refractivity contribution in [2.45, 2.75) is 23.8 Å². The van der Waals surface area contributed by atoms with Crippen molar-refractivity contribution in [3.05, 3.63) is 11.8 Å². The van der Waals surface area contributed by atoms with Crippen molar-refractivity contribution in [1.29, 1.82) is 0 Å². The first-order valence-electron chi connectivity index (χ1n) is 4.27. The fraction of sp³-hybridized carbons (Fsp3) is 0.667. The standard InChI is InChI=1S/C6H7BrF3NO7S/c7-11-4(12,13)1-3(2-5(11,14)15)18-19(16,17)6(8,9)10/h1,12-15H,2H2. The molecule has 13 heteroatoms. The Balaban J connectivity index is 3.11. The fourth-order valence-corrected chi connectivity index (χ4v) is 1.84. The third-order valence-corrected chi connectivity index (χ3v) is 3.96. The van der Waals surface area contributed by atoms with Crippen LogP contribution in [0.4, 0.5) is 13.2 Å². The Hall–Kier alpha value is -0.440. The van der Waals surface area contributed by atoms with Crippen LogP contribution in [-0.2, 0) is 14.3 Å². The molecule has 1 heterocycles. The summed E-state index contributed by atoms with van der Waals surface area (Å²) in [5, 5.41) is 37.0. The second kappa shape index (κ2) is 4.54. The predicted molar refractivity (Wildman–Crippen MR) is 53.9 cm³/mol. The van der Waals surface area contributed by atoms with Crippen molar-refractivity contribution in [3.8, 4) is 0 Å². The van der Waals surface area contributed by atoms with E-state index in [1.54, 1.807) is 0 Å². The monoisotopic (exact) mass is 373 g/mol. The van der Waals surface area contributed by atoms with Crippen LogP contribution < -0.4 is 0 Å². The first kappa shape index (κ1) is 16.6. The van der Waals surface area contributed by atoms with E-state index in [1.807, 2.05) is 0 Å². The molecule has 1 aliphatic heterocycles. The Labute approximate surface area is 112 Å². The van der Waals surface area contributed by atoms with Gasteiger partial charge in [0.15, 0.2) is 0 Å². The Morgan fingerprint density at radius 3 is 2.16 bits per heavy atom. The molecule has 4 N–H and O–H groups in total. The number of hydrogen-bond donors (Lipinski definition) is 4. The molecule has 0 spiro atoms. The molecule has 8 nitrogen and oxygen atoms in total. The minimum absolute atomic E-state index is 0.0138. The summed E-state index contributed by atoms with van der Waals surface area (Å²) in [7, 11) is -6.06. The van der Waals surface area contributed by atoms with Crippen LogP contribution in [-0.4, -0.2) is 50.1 Å². The summed E-state index contributed by atoms with van der Waals surface area (Å²) in [4.78, 5) is 0. The topological polar surface area (TPSA) is 128 Å². The van der Waals surface area contributed by atoms with Crippen LogP contribution in [0.25, 0.3) is 0 Å². The molecule has 0 aromatic rings. The second-order valence-electron chi connectivity index (χ2n) is 3.51. The van der Waals surface area contributed by atoms with Crippen molar-refractivity contribution in [2.24, 2.45) is 0 Å². The van der Waals surface area contributed by atoms with Crippen LogP contribution in [0.3, 0.4) is 0 Å². The molecule has 19 heavy (non-hydrogen) atoms. The normalized spacial score (nSPS) is 23.9. The highest BCUT2D eigenvalue weighted by Gasteiger charge is 2.53. The van der Waals surface area contributed by atoms with Gasteiger partial charge in [-0.2, -0.15) is 21.6 Å². The molecule has 0 atom stereocenters. The van der Waals surface area contributed by atoms with Crippen LogP contribution in [0, 0.1) is 0 Å². The van der Waals surface area contributed by atoms with Gasteiger partial charge in [-0.05, 0) is 0 Å². The van der Waals surface area contributed by atoms with Gasteiger partial charge >= 0.3 is 15.6 Å². The summed E-state index contributed by atoms with van der Waals surface area (Å²) in [5.74, 6) is -7.48. The number of aliphatic hydroxyl groups is 4. The van der Waals surface area contributed by atoms with Gasteiger partial charge in [-0.25, -0.2) is 0 Å². The summed E-state index contributed by atoms with van der Waals surface area (Å²) >= 11 is 2.34. The van der Waals surface area contributed by atoms with E-state index < -0.39 is 39.6 Å². The summed E-state index contributed by atoms with van der Waals surface area (Å²) < 4.78 is 61.1. The molecule has 0 saturated heterocycles. The van der Waals surface area contributed by atoms with Crippen LogP contribution in [0.15, 0.2) is 11.8 Å². The molecule has 0 unspecified atom stereocenters. The van der Waals surface area contributed by atoms with Gasteiger partial charge in [0, 0.05) is 22.2 Å². The molecule has 0 amide bonds. The van der Waals surface area contributed by atoms with E-state index in [4.69, 9.17) is 0 Å². The highest BCUT2D eigenvalue weighted by Crippen LogP contribution is 2.37. The van der Waals surface area contributed by atoms with Gasteiger partial charge in [-0.15, -0.1) is 3.93 Å². The van der Waals surface area contributed by atoms with E-state index in [9.17, 15) is 42.0 Å². The first-order valence-corrected chi connectivity index (χ1v) is 6.39. The minimum atomic E-state index is -6.06. The largest absolute Gasteiger partial charge is 0.534 e. The van der Waals surface area contributed by atoms with E-state index >= 15 is 0 Å². The lowest BCUT2D eigenvalue weighted by Crippen LogP contribution is -2.58. The lowest BCUT2D eigenvalue weighted by atomic mass is 10.1. The van der Waals surface area contributed by atoms with E-state index in [-0.39, 0.29) is 10.0 Å². The maximum absolute atomic E-state index is 12.0. The van der Waals surface area contributed by atoms with Crippen molar-refractivity contribution in [3.63, 3.8) is 0 Å². The number of hydrogen-bond acceptors (Lipinski definition) is 8. The molecule has 0 saturated carbocycles. The molecule has 112 valence electrons. The first-order chi connectivity index (χ1) is 8.19. The molecule has 1 aliphatic rings. The maximum Gasteiger partial charge on any atom is 0.534 e. The molecule has 0 radical (unpaired) electrons. The molecule has 0 aromatic carbocycles. The van der Waals surface area contributed by atoms with Gasteiger partial charge in [0.1, 0.15) is 5.76 Å². The van der Waals surface area contributed by atoms with Crippen LogP contribution in [0.5, 0.6) is 0 Å². The number of alkyl halides is 3. The van der Waals surface area contributed by atoms with Gasteiger partial charge in [-0.3, -0.25) is 0 Å². The lowest BCUT2D eigenvalue weighted by molar-refractivity contribution is -0.331. The van der Waals surface area contributed by atoms with E-state index in [0.29, 0.717) is 0 Å². The van der Waals surface area contributed by atoms with Crippen molar-refractivity contribution in [1.82, 2.24) is 3.93 Å². The van der Waals surface area contributed by atoms with Crippen LogP contribution in [0.1, 0.15) is 6.42 Å².